The smallest absolute Gasteiger partial charge is 0.117 e. The SMILES string of the molecule is CN=C/C(NC)=C(\C)OC. The summed E-state index contributed by atoms with van der Waals surface area (Å²) < 4.78 is 4.98. The molecule has 3 nitrogen and oxygen atoms in total. The molecule has 10 heavy (non-hydrogen) atoms. The zero-order valence-corrected chi connectivity index (χ0v) is 6.93. The summed E-state index contributed by atoms with van der Waals surface area (Å²) in [6.45, 7) is 1.88. The maximum atomic E-state index is 4.98. The van der Waals surface area contributed by atoms with Gasteiger partial charge < -0.3 is 10.1 Å². The molecule has 0 atom stereocenters. The fourth-order valence-corrected chi connectivity index (χ4v) is 0.571. The van der Waals surface area contributed by atoms with Crippen LogP contribution in [-0.4, -0.2) is 27.4 Å². The van der Waals surface area contributed by atoms with Crippen LogP contribution in [0.3, 0.4) is 0 Å². The molecule has 0 rings (SSSR count). The number of ether oxygens (including phenoxy) is 1. The summed E-state index contributed by atoms with van der Waals surface area (Å²) in [4.78, 5) is 3.85. The largest absolute Gasteiger partial charge is 0.499 e. The molecule has 0 saturated carbocycles. The van der Waals surface area contributed by atoms with E-state index in [0.717, 1.165) is 11.5 Å². The maximum absolute atomic E-state index is 4.98. The van der Waals surface area contributed by atoms with Crippen molar-refractivity contribution >= 4 is 6.21 Å². The molecular weight excluding hydrogens is 128 g/mol. The number of nitrogens with one attached hydrogen (secondary N) is 1. The van der Waals surface area contributed by atoms with E-state index in [9.17, 15) is 0 Å². The summed E-state index contributed by atoms with van der Waals surface area (Å²) in [7, 11) is 5.19. The van der Waals surface area contributed by atoms with Crippen LogP contribution in [0.15, 0.2) is 16.4 Å². The van der Waals surface area contributed by atoms with Crippen molar-refractivity contribution in [2.24, 2.45) is 4.99 Å². The maximum Gasteiger partial charge on any atom is 0.117 e. The zero-order valence-electron chi connectivity index (χ0n) is 6.93. The second-order valence-electron chi connectivity index (χ2n) is 1.81. The monoisotopic (exact) mass is 142 g/mol. The lowest BCUT2D eigenvalue weighted by Gasteiger charge is -2.04. The van der Waals surface area contributed by atoms with Gasteiger partial charge in [0.15, 0.2) is 0 Å². The van der Waals surface area contributed by atoms with Crippen LogP contribution in [0.4, 0.5) is 0 Å². The van der Waals surface area contributed by atoms with Crippen molar-refractivity contribution < 1.29 is 4.74 Å². The Morgan fingerprint density at radius 3 is 2.50 bits per heavy atom. The Bertz CT molecular complexity index is 150. The summed E-state index contributed by atoms with van der Waals surface area (Å²) in [5.74, 6) is 0.841. The van der Waals surface area contributed by atoms with Crippen LogP contribution in [0.25, 0.3) is 0 Å². The molecule has 0 aliphatic rings. The summed E-state index contributed by atoms with van der Waals surface area (Å²) in [5, 5.41) is 2.96. The van der Waals surface area contributed by atoms with Gasteiger partial charge in [-0.15, -0.1) is 0 Å². The van der Waals surface area contributed by atoms with Gasteiger partial charge in [-0.2, -0.15) is 0 Å². The first-order chi connectivity index (χ1) is 4.76. The first-order valence-electron chi connectivity index (χ1n) is 3.11. The van der Waals surface area contributed by atoms with Gasteiger partial charge in [0.2, 0.25) is 0 Å². The molecular formula is C7H14N2O. The number of hydrogen-bond donors (Lipinski definition) is 1. The minimum absolute atomic E-state index is 0.841. The van der Waals surface area contributed by atoms with E-state index < -0.39 is 0 Å². The molecule has 0 heterocycles. The Morgan fingerprint density at radius 2 is 2.20 bits per heavy atom. The fraction of sp³-hybridized carbons (Fsp3) is 0.571. The Labute approximate surface area is 61.8 Å². The Hall–Kier alpha value is -0.990. The number of methoxy groups -OCH3 is 1. The van der Waals surface area contributed by atoms with E-state index in [1.807, 2.05) is 14.0 Å². The second-order valence-corrected chi connectivity index (χ2v) is 1.81. The van der Waals surface area contributed by atoms with Crippen molar-refractivity contribution in [3.63, 3.8) is 0 Å². The molecule has 0 aliphatic heterocycles. The predicted molar refractivity (Wildman–Crippen MR) is 43.2 cm³/mol. The molecule has 0 unspecified atom stereocenters. The highest BCUT2D eigenvalue weighted by Crippen LogP contribution is 1.96. The zero-order chi connectivity index (χ0) is 7.98. The van der Waals surface area contributed by atoms with Crippen LogP contribution in [0.1, 0.15) is 6.92 Å². The minimum atomic E-state index is 0.841. The molecule has 0 aliphatic carbocycles. The minimum Gasteiger partial charge on any atom is -0.499 e. The molecule has 1 N–H and O–H groups in total. The van der Waals surface area contributed by atoms with Gasteiger partial charge in [0.05, 0.1) is 12.8 Å². The first-order valence-corrected chi connectivity index (χ1v) is 3.11. The van der Waals surface area contributed by atoms with Crippen LogP contribution in [-0.2, 0) is 4.74 Å². The molecule has 0 aromatic rings. The lowest BCUT2D eigenvalue weighted by molar-refractivity contribution is 0.289. The highest BCUT2D eigenvalue weighted by atomic mass is 16.5. The van der Waals surface area contributed by atoms with Gasteiger partial charge in [0.25, 0.3) is 0 Å². The average Bonchev–Trinajstić information content (AvgIpc) is 1.99. The third-order valence-corrected chi connectivity index (χ3v) is 1.21. The van der Waals surface area contributed by atoms with Gasteiger partial charge >= 0.3 is 0 Å². The Morgan fingerprint density at radius 1 is 1.60 bits per heavy atom. The van der Waals surface area contributed by atoms with E-state index in [-0.39, 0.29) is 0 Å². The summed E-state index contributed by atoms with van der Waals surface area (Å²) >= 11 is 0. The van der Waals surface area contributed by atoms with Crippen molar-refractivity contribution in [3.8, 4) is 0 Å². The van der Waals surface area contributed by atoms with E-state index in [1.165, 1.54) is 0 Å². The number of allylic oxidation sites excluding steroid dienone is 2. The Balaban J connectivity index is 4.29. The van der Waals surface area contributed by atoms with Gasteiger partial charge in [0, 0.05) is 20.3 Å². The summed E-state index contributed by atoms with van der Waals surface area (Å²) in [5.41, 5.74) is 0.907. The summed E-state index contributed by atoms with van der Waals surface area (Å²) in [6.07, 6.45) is 1.72. The number of rotatable bonds is 3. The van der Waals surface area contributed by atoms with Crippen LogP contribution < -0.4 is 5.32 Å². The van der Waals surface area contributed by atoms with Crippen LogP contribution >= 0.6 is 0 Å². The highest BCUT2D eigenvalue weighted by molar-refractivity contribution is 5.78. The second kappa shape index (κ2) is 4.85. The molecule has 0 saturated heterocycles. The third kappa shape index (κ3) is 2.53. The molecule has 0 aromatic heterocycles. The number of nitrogens with zero attached hydrogens (tertiary/aromatic N) is 1. The predicted octanol–water partition coefficient (Wildman–Crippen LogP) is 0.784. The van der Waals surface area contributed by atoms with Gasteiger partial charge in [-0.25, -0.2) is 0 Å². The molecule has 0 radical (unpaired) electrons. The molecule has 0 amide bonds. The van der Waals surface area contributed by atoms with Crippen molar-refractivity contribution in [3.05, 3.63) is 11.5 Å². The van der Waals surface area contributed by atoms with E-state index in [2.05, 4.69) is 10.3 Å². The third-order valence-electron chi connectivity index (χ3n) is 1.21. The molecule has 0 aromatic carbocycles. The number of hydrogen-bond acceptors (Lipinski definition) is 3. The quantitative estimate of drug-likeness (QED) is 0.467. The van der Waals surface area contributed by atoms with Gasteiger partial charge in [-0.1, -0.05) is 0 Å². The topological polar surface area (TPSA) is 33.6 Å². The fourth-order valence-electron chi connectivity index (χ4n) is 0.571. The normalized spacial score (nSPS) is 13.2. The standard InChI is InChI=1S/C7H14N2O/c1-6(10-4)7(9-3)5-8-2/h5,9H,1-4H3/b7-6-,8-5?. The molecule has 0 fully saturated rings. The molecule has 58 valence electrons. The van der Waals surface area contributed by atoms with E-state index in [1.54, 1.807) is 20.4 Å². The number of aliphatic imine (C=N–C) groups is 1. The van der Waals surface area contributed by atoms with Crippen molar-refractivity contribution in [2.45, 2.75) is 6.92 Å². The molecule has 3 heteroatoms. The van der Waals surface area contributed by atoms with Crippen molar-refractivity contribution in [2.75, 3.05) is 21.2 Å². The van der Waals surface area contributed by atoms with Gasteiger partial charge in [-0.05, 0) is 6.92 Å². The lowest BCUT2D eigenvalue weighted by atomic mass is 10.4. The van der Waals surface area contributed by atoms with Crippen molar-refractivity contribution in [1.82, 2.24) is 5.32 Å². The van der Waals surface area contributed by atoms with Crippen LogP contribution in [0.2, 0.25) is 0 Å². The average molecular weight is 142 g/mol. The lowest BCUT2D eigenvalue weighted by Crippen LogP contribution is -2.10. The molecule has 0 spiro atoms. The highest BCUT2D eigenvalue weighted by Gasteiger charge is 1.93. The van der Waals surface area contributed by atoms with Gasteiger partial charge in [-0.3, -0.25) is 4.99 Å². The van der Waals surface area contributed by atoms with E-state index in [4.69, 9.17) is 4.74 Å². The Kier molecular flexibility index (Phi) is 4.37. The molecule has 0 bridgehead atoms. The van der Waals surface area contributed by atoms with Gasteiger partial charge in [0.1, 0.15) is 5.76 Å². The van der Waals surface area contributed by atoms with E-state index >= 15 is 0 Å². The van der Waals surface area contributed by atoms with Crippen molar-refractivity contribution in [1.29, 1.82) is 0 Å². The van der Waals surface area contributed by atoms with E-state index in [0.29, 0.717) is 0 Å². The van der Waals surface area contributed by atoms with Crippen LogP contribution in [0.5, 0.6) is 0 Å². The first kappa shape index (κ1) is 9.01. The summed E-state index contributed by atoms with van der Waals surface area (Å²) in [6, 6.07) is 0. The van der Waals surface area contributed by atoms with Crippen LogP contribution in [0, 0.1) is 0 Å².